The molecule has 0 aliphatic heterocycles. The van der Waals surface area contributed by atoms with Gasteiger partial charge in [0.25, 0.3) is 0 Å². The normalized spacial score (nSPS) is 17.4. The monoisotopic (exact) mass is 447 g/mol. The molecule has 0 unspecified atom stereocenters. The molecule has 0 spiro atoms. The Morgan fingerprint density at radius 3 is 2.59 bits per heavy atom. The van der Waals surface area contributed by atoms with Crippen LogP contribution in [0.4, 0.5) is 0 Å². The van der Waals surface area contributed by atoms with Crippen molar-refractivity contribution >= 4 is 11.2 Å². The Labute approximate surface area is 197 Å². The summed E-state index contributed by atoms with van der Waals surface area (Å²) >= 11 is 0. The predicted molar refractivity (Wildman–Crippen MR) is 130 cm³/mol. The van der Waals surface area contributed by atoms with Crippen molar-refractivity contribution in [2.24, 2.45) is 0 Å². The zero-order valence-corrected chi connectivity index (χ0v) is 19.3. The lowest BCUT2D eigenvalue weighted by atomic mass is 9.96. The lowest BCUT2D eigenvalue weighted by molar-refractivity contribution is 0.564. The molecule has 2 aliphatic carbocycles. The van der Waals surface area contributed by atoms with Crippen molar-refractivity contribution in [3.8, 4) is 22.5 Å². The minimum atomic E-state index is 0.283. The highest BCUT2D eigenvalue weighted by atomic mass is 15.5. The first-order valence-electron chi connectivity index (χ1n) is 12.0. The summed E-state index contributed by atoms with van der Waals surface area (Å²) in [5.74, 6) is 2.41. The van der Waals surface area contributed by atoms with Gasteiger partial charge in [0.2, 0.25) is 5.82 Å². The van der Waals surface area contributed by atoms with Crippen LogP contribution >= 0.6 is 0 Å². The van der Waals surface area contributed by atoms with Crippen LogP contribution in [0, 0.1) is 13.8 Å². The Balaban J connectivity index is 1.35. The van der Waals surface area contributed by atoms with Crippen LogP contribution < -0.4 is 0 Å². The second kappa shape index (κ2) is 7.32. The number of imidazole rings is 1. The summed E-state index contributed by atoms with van der Waals surface area (Å²) in [5.41, 5.74) is 10.5. The van der Waals surface area contributed by atoms with Crippen LogP contribution in [-0.2, 0) is 6.42 Å². The summed E-state index contributed by atoms with van der Waals surface area (Å²) in [6, 6.07) is 17.6. The van der Waals surface area contributed by atoms with E-state index in [1.54, 1.807) is 0 Å². The van der Waals surface area contributed by atoms with Gasteiger partial charge in [-0.3, -0.25) is 0 Å². The first kappa shape index (κ1) is 19.6. The summed E-state index contributed by atoms with van der Waals surface area (Å²) in [5, 5.41) is 14.7. The fourth-order valence-corrected chi connectivity index (χ4v) is 5.57. The largest absolute Gasteiger partial charge is 0.305 e. The third-order valence-corrected chi connectivity index (χ3v) is 7.26. The SMILES string of the molecule is Cc1cc(C)c2nc(C3CC3)n([C@H]3CCc4cc(-c5ccccc5-c5nn[nH]n5)ccc43)c2n1. The van der Waals surface area contributed by atoms with Crippen LogP contribution in [0.1, 0.15) is 59.4 Å². The van der Waals surface area contributed by atoms with Crippen LogP contribution in [0.25, 0.3) is 33.7 Å². The van der Waals surface area contributed by atoms with Crippen molar-refractivity contribution in [1.29, 1.82) is 0 Å². The highest BCUT2D eigenvalue weighted by Gasteiger charge is 2.35. The van der Waals surface area contributed by atoms with Crippen molar-refractivity contribution in [3.63, 3.8) is 0 Å². The molecular weight excluding hydrogens is 422 g/mol. The van der Waals surface area contributed by atoms with E-state index in [0.717, 1.165) is 40.8 Å². The fourth-order valence-electron chi connectivity index (χ4n) is 5.57. The Bertz CT molecular complexity index is 1540. The van der Waals surface area contributed by atoms with Gasteiger partial charge in [0.1, 0.15) is 11.3 Å². The maximum atomic E-state index is 5.12. The third-order valence-electron chi connectivity index (χ3n) is 7.26. The van der Waals surface area contributed by atoms with Crippen molar-refractivity contribution in [2.75, 3.05) is 0 Å². The smallest absolute Gasteiger partial charge is 0.205 e. The van der Waals surface area contributed by atoms with E-state index in [9.17, 15) is 0 Å². The molecule has 1 N–H and O–H groups in total. The van der Waals surface area contributed by atoms with Crippen molar-refractivity contribution < 1.29 is 0 Å². The number of aromatic nitrogens is 7. The molecule has 0 radical (unpaired) electrons. The number of H-pyrrole nitrogens is 1. The van der Waals surface area contributed by atoms with Gasteiger partial charge in [0.05, 0.1) is 6.04 Å². The number of benzene rings is 2. The van der Waals surface area contributed by atoms with Gasteiger partial charge in [0.15, 0.2) is 5.65 Å². The van der Waals surface area contributed by atoms with Gasteiger partial charge in [0, 0.05) is 17.2 Å². The molecule has 34 heavy (non-hydrogen) atoms. The van der Waals surface area contributed by atoms with Gasteiger partial charge >= 0.3 is 0 Å². The number of fused-ring (bicyclic) bond motifs is 2. The molecule has 1 saturated carbocycles. The first-order valence-corrected chi connectivity index (χ1v) is 12.0. The summed E-state index contributed by atoms with van der Waals surface area (Å²) in [4.78, 5) is 10.1. The number of aryl methyl sites for hydroxylation is 3. The van der Waals surface area contributed by atoms with Gasteiger partial charge in [-0.1, -0.05) is 42.5 Å². The van der Waals surface area contributed by atoms with Crippen molar-refractivity contribution in [3.05, 3.63) is 76.7 Å². The molecule has 3 heterocycles. The Morgan fingerprint density at radius 2 is 1.79 bits per heavy atom. The van der Waals surface area contributed by atoms with E-state index in [1.165, 1.54) is 40.9 Å². The lowest BCUT2D eigenvalue weighted by Crippen LogP contribution is -2.11. The summed E-state index contributed by atoms with van der Waals surface area (Å²) in [6.07, 6.45) is 4.58. The lowest BCUT2D eigenvalue weighted by Gasteiger charge is -2.18. The fraction of sp³-hybridized carbons (Fsp3) is 0.296. The van der Waals surface area contributed by atoms with E-state index in [2.05, 4.69) is 75.4 Å². The minimum absolute atomic E-state index is 0.283. The van der Waals surface area contributed by atoms with Gasteiger partial charge in [-0.25, -0.2) is 9.97 Å². The molecule has 168 valence electrons. The summed E-state index contributed by atoms with van der Waals surface area (Å²) in [6.45, 7) is 4.23. The van der Waals surface area contributed by atoms with E-state index >= 15 is 0 Å². The predicted octanol–water partition coefficient (Wildman–Crippen LogP) is 5.31. The van der Waals surface area contributed by atoms with Crippen LogP contribution in [-0.4, -0.2) is 35.2 Å². The van der Waals surface area contributed by atoms with Gasteiger partial charge < -0.3 is 4.57 Å². The summed E-state index contributed by atoms with van der Waals surface area (Å²) < 4.78 is 2.46. The maximum Gasteiger partial charge on any atom is 0.205 e. The number of tetrazole rings is 1. The number of nitrogens with zero attached hydrogens (tertiary/aromatic N) is 6. The minimum Gasteiger partial charge on any atom is -0.305 e. The Hall–Kier alpha value is -3.87. The first-order chi connectivity index (χ1) is 16.7. The molecule has 7 heteroatoms. The molecule has 7 nitrogen and oxygen atoms in total. The Kier molecular flexibility index (Phi) is 4.21. The number of pyridine rings is 1. The van der Waals surface area contributed by atoms with Gasteiger partial charge in [-0.2, -0.15) is 5.21 Å². The second-order valence-corrected chi connectivity index (χ2v) is 9.62. The molecule has 0 bridgehead atoms. The quantitative estimate of drug-likeness (QED) is 0.404. The highest BCUT2D eigenvalue weighted by Crippen LogP contribution is 2.46. The molecule has 1 atom stereocenters. The summed E-state index contributed by atoms with van der Waals surface area (Å²) in [7, 11) is 0. The second-order valence-electron chi connectivity index (χ2n) is 9.62. The van der Waals surface area contributed by atoms with Crippen molar-refractivity contribution in [2.45, 2.75) is 51.5 Å². The molecule has 0 amide bonds. The number of hydrogen-bond donors (Lipinski definition) is 1. The van der Waals surface area contributed by atoms with E-state index < -0.39 is 0 Å². The number of nitrogens with one attached hydrogen (secondary N) is 1. The number of aromatic amines is 1. The standard InChI is InChI=1S/C27H25N7/c1-15-13-16(2)28-27-24(15)29-26(17-7-8-17)34(27)23-12-10-19-14-18(9-11-21(19)23)20-5-3-4-6-22(20)25-30-32-33-31-25/h3-6,9,11,13-14,17,23H,7-8,10,12H2,1-2H3,(H,30,31,32,33)/t23-/m0/s1. The molecule has 3 aromatic heterocycles. The number of rotatable bonds is 4. The Morgan fingerprint density at radius 1 is 0.941 bits per heavy atom. The zero-order chi connectivity index (χ0) is 22.8. The van der Waals surface area contributed by atoms with E-state index in [-0.39, 0.29) is 6.04 Å². The molecule has 7 rings (SSSR count). The van der Waals surface area contributed by atoms with E-state index in [0.29, 0.717) is 11.7 Å². The highest BCUT2D eigenvalue weighted by molar-refractivity contribution is 5.81. The zero-order valence-electron chi connectivity index (χ0n) is 19.3. The third kappa shape index (κ3) is 3.00. The van der Waals surface area contributed by atoms with E-state index in [1.807, 2.05) is 12.1 Å². The molecule has 2 aliphatic rings. The topological polar surface area (TPSA) is 85.2 Å². The van der Waals surface area contributed by atoms with Crippen LogP contribution in [0.2, 0.25) is 0 Å². The van der Waals surface area contributed by atoms with E-state index in [4.69, 9.17) is 9.97 Å². The molecular formula is C27H25N7. The average Bonchev–Trinajstić information content (AvgIpc) is 3.23. The van der Waals surface area contributed by atoms with Crippen LogP contribution in [0.5, 0.6) is 0 Å². The van der Waals surface area contributed by atoms with Gasteiger partial charge in [-0.15, -0.1) is 10.2 Å². The average molecular weight is 448 g/mol. The molecule has 1 fully saturated rings. The van der Waals surface area contributed by atoms with Gasteiger partial charge in [-0.05, 0) is 78.6 Å². The molecule has 5 aromatic rings. The molecule has 0 saturated heterocycles. The maximum absolute atomic E-state index is 5.12. The van der Waals surface area contributed by atoms with Crippen LogP contribution in [0.15, 0.2) is 48.5 Å². The van der Waals surface area contributed by atoms with Crippen molar-refractivity contribution in [1.82, 2.24) is 35.2 Å². The molecule has 2 aromatic carbocycles. The number of hydrogen-bond acceptors (Lipinski definition) is 5. The van der Waals surface area contributed by atoms with Crippen LogP contribution in [0.3, 0.4) is 0 Å².